The fourth-order valence-corrected chi connectivity index (χ4v) is 3.55. The number of para-hydroxylation sites is 1. The van der Waals surface area contributed by atoms with Gasteiger partial charge in [0.05, 0.1) is 18.3 Å². The summed E-state index contributed by atoms with van der Waals surface area (Å²) in [6.45, 7) is 0.215. The van der Waals surface area contributed by atoms with E-state index < -0.39 is 29.0 Å². The molecule has 0 radical (unpaired) electrons. The van der Waals surface area contributed by atoms with E-state index in [9.17, 15) is 18.0 Å². The molecule has 0 atom stereocenters. The monoisotopic (exact) mass is 449 g/mol. The standard InChI is InChI=1S/C21H12Cl2F3N3O/c22-12-5-4-11(16(23)6-12)9-29-10-15(14-7-13(24)8-27-20(14)29)21(30)28-19-17(25)2-1-3-18(19)26/h1-8,10H,9H2,(H,28,30). The van der Waals surface area contributed by atoms with Gasteiger partial charge in [0, 0.05) is 21.6 Å². The second-order valence-electron chi connectivity index (χ2n) is 6.48. The number of amides is 1. The first-order valence-electron chi connectivity index (χ1n) is 8.67. The summed E-state index contributed by atoms with van der Waals surface area (Å²) in [5.74, 6) is -3.32. The van der Waals surface area contributed by atoms with E-state index in [1.54, 1.807) is 22.8 Å². The number of nitrogens with one attached hydrogen (secondary N) is 1. The van der Waals surface area contributed by atoms with Crippen molar-refractivity contribution in [2.45, 2.75) is 6.54 Å². The molecule has 0 aliphatic rings. The number of anilines is 1. The van der Waals surface area contributed by atoms with Crippen molar-refractivity contribution in [2.24, 2.45) is 0 Å². The highest BCUT2D eigenvalue weighted by Gasteiger charge is 2.20. The molecule has 2 aromatic heterocycles. The topological polar surface area (TPSA) is 46.9 Å². The predicted molar refractivity (Wildman–Crippen MR) is 110 cm³/mol. The minimum atomic E-state index is -0.927. The van der Waals surface area contributed by atoms with Crippen LogP contribution in [0.25, 0.3) is 11.0 Å². The second kappa shape index (κ2) is 8.01. The molecule has 2 heterocycles. The molecule has 4 rings (SSSR count). The van der Waals surface area contributed by atoms with Crippen molar-refractivity contribution in [3.63, 3.8) is 0 Å². The molecular formula is C21H12Cl2F3N3O. The van der Waals surface area contributed by atoms with Gasteiger partial charge < -0.3 is 9.88 Å². The number of rotatable bonds is 4. The fraction of sp³-hybridized carbons (Fsp3) is 0.0476. The number of carbonyl (C=O) groups excluding carboxylic acids is 1. The summed E-state index contributed by atoms with van der Waals surface area (Å²) in [5, 5.41) is 3.27. The van der Waals surface area contributed by atoms with Gasteiger partial charge in [0.25, 0.3) is 5.91 Å². The van der Waals surface area contributed by atoms with E-state index in [0.29, 0.717) is 21.3 Å². The van der Waals surface area contributed by atoms with E-state index in [1.165, 1.54) is 12.3 Å². The summed E-state index contributed by atoms with van der Waals surface area (Å²) in [6, 6.07) is 9.31. The molecule has 0 fully saturated rings. The Morgan fingerprint density at radius 1 is 1.07 bits per heavy atom. The van der Waals surface area contributed by atoms with Crippen LogP contribution in [0.3, 0.4) is 0 Å². The Labute approximate surface area is 178 Å². The SMILES string of the molecule is O=C(Nc1c(F)cccc1F)c1cn(Cc2ccc(Cl)cc2Cl)c2ncc(F)cc12. The number of nitrogens with zero attached hydrogens (tertiary/aromatic N) is 2. The van der Waals surface area contributed by atoms with Gasteiger partial charge in [0.1, 0.15) is 28.8 Å². The molecule has 152 valence electrons. The van der Waals surface area contributed by atoms with Crippen LogP contribution in [0.5, 0.6) is 0 Å². The Morgan fingerprint density at radius 3 is 2.50 bits per heavy atom. The quantitative estimate of drug-likeness (QED) is 0.411. The van der Waals surface area contributed by atoms with E-state index in [2.05, 4.69) is 10.3 Å². The Hall–Kier alpha value is -3.03. The molecule has 1 amide bonds. The van der Waals surface area contributed by atoms with Crippen LogP contribution in [-0.2, 0) is 6.54 Å². The van der Waals surface area contributed by atoms with Gasteiger partial charge in [0.2, 0.25) is 0 Å². The molecule has 0 spiro atoms. The van der Waals surface area contributed by atoms with Crippen LogP contribution < -0.4 is 5.32 Å². The highest BCUT2D eigenvalue weighted by molar-refractivity contribution is 6.35. The van der Waals surface area contributed by atoms with Crippen molar-refractivity contribution in [2.75, 3.05) is 5.32 Å². The minimum Gasteiger partial charge on any atom is -0.327 e. The van der Waals surface area contributed by atoms with Crippen LogP contribution in [0.2, 0.25) is 10.0 Å². The second-order valence-corrected chi connectivity index (χ2v) is 7.33. The smallest absolute Gasteiger partial charge is 0.258 e. The molecule has 4 nitrogen and oxygen atoms in total. The van der Waals surface area contributed by atoms with Gasteiger partial charge in [-0.05, 0) is 35.9 Å². The zero-order valence-electron chi connectivity index (χ0n) is 15.1. The predicted octanol–water partition coefficient (Wildman–Crippen LogP) is 6.06. The first-order valence-corrected chi connectivity index (χ1v) is 9.43. The van der Waals surface area contributed by atoms with Gasteiger partial charge in [-0.2, -0.15) is 0 Å². The van der Waals surface area contributed by atoms with Gasteiger partial charge >= 0.3 is 0 Å². The summed E-state index contributed by atoms with van der Waals surface area (Å²) in [7, 11) is 0. The maximum absolute atomic E-state index is 13.9. The molecule has 0 unspecified atom stereocenters. The zero-order chi connectivity index (χ0) is 21.4. The molecule has 0 aliphatic heterocycles. The van der Waals surface area contributed by atoms with E-state index in [4.69, 9.17) is 23.2 Å². The fourth-order valence-electron chi connectivity index (χ4n) is 3.08. The summed E-state index contributed by atoms with van der Waals surface area (Å²) >= 11 is 12.1. The summed E-state index contributed by atoms with van der Waals surface area (Å²) in [4.78, 5) is 16.8. The summed E-state index contributed by atoms with van der Waals surface area (Å²) in [6.07, 6.45) is 2.44. The van der Waals surface area contributed by atoms with Crippen LogP contribution in [-0.4, -0.2) is 15.5 Å². The van der Waals surface area contributed by atoms with E-state index in [-0.39, 0.29) is 17.5 Å². The number of halogens is 5. The highest BCUT2D eigenvalue weighted by atomic mass is 35.5. The van der Waals surface area contributed by atoms with Gasteiger partial charge in [-0.25, -0.2) is 18.2 Å². The third-order valence-corrected chi connectivity index (χ3v) is 5.07. The average Bonchev–Trinajstić information content (AvgIpc) is 3.04. The van der Waals surface area contributed by atoms with Crippen molar-refractivity contribution in [3.8, 4) is 0 Å². The summed E-state index contributed by atoms with van der Waals surface area (Å²) in [5.41, 5.74) is 0.413. The molecule has 0 saturated carbocycles. The average molecular weight is 450 g/mol. The third-order valence-electron chi connectivity index (χ3n) is 4.48. The van der Waals surface area contributed by atoms with E-state index in [1.807, 2.05) is 0 Å². The minimum absolute atomic E-state index is 0.00439. The molecule has 0 aliphatic carbocycles. The molecule has 4 aromatic rings. The Bertz CT molecular complexity index is 1270. The molecule has 1 N–H and O–H groups in total. The lowest BCUT2D eigenvalue weighted by Gasteiger charge is -2.07. The Balaban J connectivity index is 1.76. The highest BCUT2D eigenvalue weighted by Crippen LogP contribution is 2.27. The number of pyridine rings is 1. The first kappa shape index (κ1) is 20.3. The van der Waals surface area contributed by atoms with Gasteiger partial charge in [0.15, 0.2) is 0 Å². The molecule has 0 saturated heterocycles. The Kier molecular flexibility index (Phi) is 5.40. The summed E-state index contributed by atoms with van der Waals surface area (Å²) < 4.78 is 43.2. The number of carbonyl (C=O) groups is 1. The van der Waals surface area contributed by atoms with Crippen molar-refractivity contribution in [1.82, 2.24) is 9.55 Å². The molecule has 30 heavy (non-hydrogen) atoms. The maximum atomic E-state index is 13.9. The number of benzene rings is 2. The normalized spacial score (nSPS) is 11.1. The van der Waals surface area contributed by atoms with Crippen molar-refractivity contribution in [3.05, 3.63) is 93.5 Å². The Morgan fingerprint density at radius 2 is 1.80 bits per heavy atom. The lowest BCUT2D eigenvalue weighted by Crippen LogP contribution is -2.14. The molecule has 0 bridgehead atoms. The largest absolute Gasteiger partial charge is 0.327 e. The molecular weight excluding hydrogens is 438 g/mol. The van der Waals surface area contributed by atoms with Crippen molar-refractivity contribution < 1.29 is 18.0 Å². The van der Waals surface area contributed by atoms with Gasteiger partial charge in [-0.1, -0.05) is 35.3 Å². The maximum Gasteiger partial charge on any atom is 0.258 e. The van der Waals surface area contributed by atoms with E-state index >= 15 is 0 Å². The lowest BCUT2D eigenvalue weighted by molar-refractivity contribution is 0.102. The zero-order valence-corrected chi connectivity index (χ0v) is 16.6. The lowest BCUT2D eigenvalue weighted by atomic mass is 10.2. The van der Waals surface area contributed by atoms with Crippen LogP contribution in [0.4, 0.5) is 18.9 Å². The van der Waals surface area contributed by atoms with Gasteiger partial charge in [-0.15, -0.1) is 0 Å². The van der Waals surface area contributed by atoms with Crippen LogP contribution in [0.15, 0.2) is 54.9 Å². The van der Waals surface area contributed by atoms with Crippen LogP contribution in [0, 0.1) is 17.5 Å². The van der Waals surface area contributed by atoms with Gasteiger partial charge in [-0.3, -0.25) is 4.79 Å². The van der Waals surface area contributed by atoms with Crippen molar-refractivity contribution >= 4 is 45.8 Å². The molecule has 2 aromatic carbocycles. The van der Waals surface area contributed by atoms with E-state index in [0.717, 1.165) is 24.4 Å². The number of hydrogen-bond acceptors (Lipinski definition) is 2. The number of hydrogen-bond donors (Lipinski definition) is 1. The first-order chi connectivity index (χ1) is 14.3. The van der Waals surface area contributed by atoms with Crippen LogP contribution in [0.1, 0.15) is 15.9 Å². The van der Waals surface area contributed by atoms with Crippen molar-refractivity contribution in [1.29, 1.82) is 0 Å². The number of aromatic nitrogens is 2. The molecule has 9 heteroatoms. The van der Waals surface area contributed by atoms with Crippen LogP contribution >= 0.6 is 23.2 Å². The third kappa shape index (κ3) is 3.86. The number of fused-ring (bicyclic) bond motifs is 1.